The fourth-order valence-corrected chi connectivity index (χ4v) is 1.98. The third-order valence-corrected chi connectivity index (χ3v) is 3.09. The summed E-state index contributed by atoms with van der Waals surface area (Å²) in [5.74, 6) is 0.999. The Hall–Kier alpha value is -0.980. The third-order valence-electron chi connectivity index (χ3n) is 3.09. The average molecular weight is 255 g/mol. The normalized spacial score (nSPS) is 25.5. The fraction of sp³-hybridized carbons (Fsp3) is 0.833. The molecule has 1 aromatic heterocycles. The smallest absolute Gasteiger partial charge is 0.258 e. The van der Waals surface area contributed by atoms with Crippen LogP contribution < -0.4 is 5.73 Å². The van der Waals surface area contributed by atoms with Crippen molar-refractivity contribution < 1.29 is 14.0 Å². The first-order chi connectivity index (χ1) is 8.65. The standard InChI is InChI=1S/C12H21N3O3/c1-3-6-16-8-9(13)10-14-11(18-15-10)12(2)5-4-7-17-12/h9H,3-8,13H2,1-2H3. The van der Waals surface area contributed by atoms with Crippen LogP contribution in [0.5, 0.6) is 0 Å². The van der Waals surface area contributed by atoms with E-state index >= 15 is 0 Å². The third kappa shape index (κ3) is 2.88. The van der Waals surface area contributed by atoms with E-state index in [9.17, 15) is 0 Å². The molecule has 1 saturated heterocycles. The number of rotatable bonds is 6. The summed E-state index contributed by atoms with van der Waals surface area (Å²) >= 11 is 0. The Morgan fingerprint density at radius 3 is 3.06 bits per heavy atom. The molecule has 1 aliphatic rings. The van der Waals surface area contributed by atoms with E-state index < -0.39 is 5.60 Å². The maximum atomic E-state index is 5.94. The van der Waals surface area contributed by atoms with Crippen molar-refractivity contribution in [3.63, 3.8) is 0 Å². The maximum Gasteiger partial charge on any atom is 0.258 e. The molecule has 0 amide bonds. The molecule has 2 rings (SSSR count). The highest BCUT2D eigenvalue weighted by atomic mass is 16.5. The topological polar surface area (TPSA) is 83.4 Å². The van der Waals surface area contributed by atoms with Gasteiger partial charge in [-0.1, -0.05) is 12.1 Å². The lowest BCUT2D eigenvalue weighted by atomic mass is 10.0. The molecular formula is C12H21N3O3. The minimum absolute atomic E-state index is 0.348. The van der Waals surface area contributed by atoms with Gasteiger partial charge < -0.3 is 19.7 Å². The van der Waals surface area contributed by atoms with Gasteiger partial charge in [-0.15, -0.1) is 0 Å². The first kappa shape index (κ1) is 13.5. The van der Waals surface area contributed by atoms with E-state index in [4.69, 9.17) is 19.7 Å². The summed E-state index contributed by atoms with van der Waals surface area (Å²) in [5.41, 5.74) is 5.49. The fourth-order valence-electron chi connectivity index (χ4n) is 1.98. The van der Waals surface area contributed by atoms with Crippen molar-refractivity contribution in [2.45, 2.75) is 44.8 Å². The van der Waals surface area contributed by atoms with E-state index in [2.05, 4.69) is 17.1 Å². The lowest BCUT2D eigenvalue weighted by Gasteiger charge is -2.17. The predicted molar refractivity (Wildman–Crippen MR) is 64.9 cm³/mol. The number of nitrogens with zero attached hydrogens (tertiary/aromatic N) is 2. The monoisotopic (exact) mass is 255 g/mol. The summed E-state index contributed by atoms with van der Waals surface area (Å²) in [7, 11) is 0. The van der Waals surface area contributed by atoms with Gasteiger partial charge in [0.25, 0.3) is 5.89 Å². The van der Waals surface area contributed by atoms with Gasteiger partial charge >= 0.3 is 0 Å². The van der Waals surface area contributed by atoms with Crippen molar-refractivity contribution in [1.82, 2.24) is 10.1 Å². The average Bonchev–Trinajstić information content (AvgIpc) is 2.98. The second-order valence-corrected chi connectivity index (χ2v) is 4.82. The molecule has 102 valence electrons. The molecule has 2 N–H and O–H groups in total. The molecular weight excluding hydrogens is 234 g/mol. The minimum Gasteiger partial charge on any atom is -0.379 e. The van der Waals surface area contributed by atoms with Crippen molar-refractivity contribution in [2.24, 2.45) is 5.73 Å². The molecule has 1 aromatic rings. The van der Waals surface area contributed by atoms with E-state index in [1.54, 1.807) is 0 Å². The van der Waals surface area contributed by atoms with Gasteiger partial charge in [0.05, 0.1) is 12.6 Å². The van der Waals surface area contributed by atoms with E-state index in [-0.39, 0.29) is 6.04 Å². The first-order valence-corrected chi connectivity index (χ1v) is 6.47. The van der Waals surface area contributed by atoms with E-state index in [1.165, 1.54) is 0 Å². The highest BCUT2D eigenvalue weighted by Crippen LogP contribution is 2.34. The van der Waals surface area contributed by atoms with E-state index in [0.29, 0.717) is 24.9 Å². The van der Waals surface area contributed by atoms with Crippen LogP contribution in [0, 0.1) is 0 Å². The maximum absolute atomic E-state index is 5.94. The lowest BCUT2D eigenvalue weighted by Crippen LogP contribution is -2.22. The van der Waals surface area contributed by atoms with Crippen molar-refractivity contribution in [1.29, 1.82) is 0 Å². The highest BCUT2D eigenvalue weighted by molar-refractivity contribution is 5.02. The Labute approximate surface area is 107 Å². The Bertz CT molecular complexity index is 374. The second-order valence-electron chi connectivity index (χ2n) is 4.82. The molecule has 0 bridgehead atoms. The van der Waals surface area contributed by atoms with Crippen molar-refractivity contribution >= 4 is 0 Å². The zero-order chi connectivity index (χ0) is 13.0. The highest BCUT2D eigenvalue weighted by Gasteiger charge is 2.37. The lowest BCUT2D eigenvalue weighted by molar-refractivity contribution is -0.00937. The zero-order valence-corrected chi connectivity index (χ0v) is 11.0. The molecule has 6 nitrogen and oxygen atoms in total. The molecule has 6 heteroatoms. The van der Waals surface area contributed by atoms with Crippen LogP contribution in [0.15, 0.2) is 4.52 Å². The van der Waals surface area contributed by atoms with Crippen molar-refractivity contribution in [2.75, 3.05) is 19.8 Å². The van der Waals surface area contributed by atoms with Crippen LogP contribution in [0.4, 0.5) is 0 Å². The van der Waals surface area contributed by atoms with Crippen LogP contribution in [-0.4, -0.2) is 30.0 Å². The molecule has 18 heavy (non-hydrogen) atoms. The van der Waals surface area contributed by atoms with Gasteiger partial charge in [-0.25, -0.2) is 0 Å². The van der Waals surface area contributed by atoms with Crippen LogP contribution in [0.1, 0.15) is 50.9 Å². The minimum atomic E-state index is -0.449. The second kappa shape index (κ2) is 5.77. The molecule has 1 aliphatic heterocycles. The van der Waals surface area contributed by atoms with Crippen LogP contribution in [0.3, 0.4) is 0 Å². The predicted octanol–water partition coefficient (Wildman–Crippen LogP) is 1.52. The Balaban J connectivity index is 1.97. The van der Waals surface area contributed by atoms with Crippen LogP contribution in [-0.2, 0) is 15.1 Å². The Morgan fingerprint density at radius 1 is 1.56 bits per heavy atom. The van der Waals surface area contributed by atoms with Gasteiger partial charge in [0, 0.05) is 13.2 Å². The summed E-state index contributed by atoms with van der Waals surface area (Å²) in [6, 6.07) is -0.348. The summed E-state index contributed by atoms with van der Waals surface area (Å²) < 4.78 is 16.3. The van der Waals surface area contributed by atoms with Gasteiger partial charge in [0.1, 0.15) is 5.60 Å². The number of nitrogens with two attached hydrogens (primary N) is 1. The molecule has 0 saturated carbocycles. The Kier molecular flexibility index (Phi) is 4.31. The number of hydrogen-bond donors (Lipinski definition) is 1. The molecule has 0 aliphatic carbocycles. The molecule has 2 atom stereocenters. The summed E-state index contributed by atoms with van der Waals surface area (Å²) in [5, 5.41) is 3.91. The van der Waals surface area contributed by atoms with Gasteiger partial charge in [-0.2, -0.15) is 4.98 Å². The van der Waals surface area contributed by atoms with E-state index in [0.717, 1.165) is 25.9 Å². The van der Waals surface area contributed by atoms with Crippen molar-refractivity contribution in [3.8, 4) is 0 Å². The number of hydrogen-bond acceptors (Lipinski definition) is 6. The van der Waals surface area contributed by atoms with Crippen molar-refractivity contribution in [3.05, 3.63) is 11.7 Å². The summed E-state index contributed by atoms with van der Waals surface area (Å²) in [6.45, 7) is 5.86. The molecule has 0 radical (unpaired) electrons. The zero-order valence-electron chi connectivity index (χ0n) is 11.0. The van der Waals surface area contributed by atoms with Crippen LogP contribution in [0.25, 0.3) is 0 Å². The molecule has 1 fully saturated rings. The number of aromatic nitrogens is 2. The van der Waals surface area contributed by atoms with Crippen LogP contribution >= 0.6 is 0 Å². The quantitative estimate of drug-likeness (QED) is 0.776. The summed E-state index contributed by atoms with van der Waals surface area (Å²) in [6.07, 6.45) is 2.88. The van der Waals surface area contributed by atoms with Crippen LogP contribution in [0.2, 0.25) is 0 Å². The van der Waals surface area contributed by atoms with E-state index in [1.807, 2.05) is 6.92 Å². The van der Waals surface area contributed by atoms with Gasteiger partial charge in [0.2, 0.25) is 0 Å². The Morgan fingerprint density at radius 2 is 2.39 bits per heavy atom. The van der Waals surface area contributed by atoms with Gasteiger partial charge in [0.15, 0.2) is 5.82 Å². The first-order valence-electron chi connectivity index (χ1n) is 6.47. The van der Waals surface area contributed by atoms with Gasteiger partial charge in [-0.05, 0) is 26.2 Å². The van der Waals surface area contributed by atoms with Gasteiger partial charge in [-0.3, -0.25) is 0 Å². The SMILES string of the molecule is CCCOCC(N)c1noc(C2(C)CCCO2)n1. The molecule has 2 unspecified atom stereocenters. The molecule has 0 aromatic carbocycles. The number of ether oxygens (including phenoxy) is 2. The summed E-state index contributed by atoms with van der Waals surface area (Å²) in [4.78, 5) is 4.33. The molecule has 2 heterocycles. The molecule has 0 spiro atoms. The largest absolute Gasteiger partial charge is 0.379 e.